The van der Waals surface area contributed by atoms with E-state index in [1.54, 1.807) is 0 Å². The highest BCUT2D eigenvalue weighted by Gasteiger charge is 2.52. The molecule has 1 aliphatic rings. The van der Waals surface area contributed by atoms with Gasteiger partial charge in [0.05, 0.1) is 22.4 Å². The first-order valence-electron chi connectivity index (χ1n) is 11.5. The van der Waals surface area contributed by atoms with Crippen LogP contribution in [0.2, 0.25) is 0 Å². The molecule has 2 heterocycles. The van der Waals surface area contributed by atoms with Gasteiger partial charge < -0.3 is 9.31 Å². The molecule has 0 spiro atoms. The van der Waals surface area contributed by atoms with Crippen LogP contribution in [0, 0.1) is 0 Å². The second kappa shape index (κ2) is 7.15. The molecule has 4 aromatic carbocycles. The predicted molar refractivity (Wildman–Crippen MR) is 138 cm³/mol. The minimum absolute atomic E-state index is 0.381. The van der Waals surface area contributed by atoms with Gasteiger partial charge in [0.15, 0.2) is 0 Å². The number of hydrogen-bond acceptors (Lipinski definition) is 3. The zero-order valence-corrected chi connectivity index (χ0v) is 19.4. The molecule has 33 heavy (non-hydrogen) atoms. The number of aromatic nitrogens is 1. The summed E-state index contributed by atoms with van der Waals surface area (Å²) >= 11 is 0. The lowest BCUT2D eigenvalue weighted by atomic mass is 9.75. The highest BCUT2D eigenvalue weighted by atomic mass is 16.7. The normalized spacial score (nSPS) is 17.3. The summed E-state index contributed by atoms with van der Waals surface area (Å²) in [6.07, 6.45) is 0. The van der Waals surface area contributed by atoms with Crippen molar-refractivity contribution in [3.8, 4) is 11.3 Å². The van der Waals surface area contributed by atoms with Gasteiger partial charge in [0.1, 0.15) is 0 Å². The molecule has 0 atom stereocenters. The molecule has 0 bridgehead atoms. The van der Waals surface area contributed by atoms with Crippen molar-refractivity contribution in [1.82, 2.24) is 4.98 Å². The van der Waals surface area contributed by atoms with Crippen LogP contribution in [0.25, 0.3) is 43.7 Å². The summed E-state index contributed by atoms with van der Waals surface area (Å²) < 4.78 is 12.8. The van der Waals surface area contributed by atoms with Crippen molar-refractivity contribution in [2.75, 3.05) is 0 Å². The average Bonchev–Trinajstić information content (AvgIpc) is 3.04. The first kappa shape index (κ1) is 20.4. The van der Waals surface area contributed by atoms with Gasteiger partial charge >= 0.3 is 7.12 Å². The Morgan fingerprint density at radius 2 is 1.24 bits per heavy atom. The predicted octanol–water partition coefficient (Wildman–Crippen LogP) is 6.51. The SMILES string of the molecule is CC1(C)OB(c2cccc3c2ccc2c(-c4ccccc4)nc4ccccc4c23)OC1(C)C. The maximum absolute atomic E-state index is 6.42. The van der Waals surface area contributed by atoms with E-state index in [0.29, 0.717) is 0 Å². The lowest BCUT2D eigenvalue weighted by molar-refractivity contribution is 0.00578. The van der Waals surface area contributed by atoms with Crippen LogP contribution in [0.3, 0.4) is 0 Å². The maximum Gasteiger partial charge on any atom is 0.495 e. The topological polar surface area (TPSA) is 31.4 Å². The molecule has 5 aromatic rings. The number of hydrogen-bond donors (Lipinski definition) is 0. The Labute approximate surface area is 194 Å². The molecule has 1 aromatic heterocycles. The van der Waals surface area contributed by atoms with Gasteiger partial charge in [-0.15, -0.1) is 0 Å². The minimum Gasteiger partial charge on any atom is -0.399 e. The molecule has 162 valence electrons. The molecule has 0 aliphatic carbocycles. The zero-order chi connectivity index (χ0) is 22.8. The van der Waals surface area contributed by atoms with E-state index >= 15 is 0 Å². The first-order valence-corrected chi connectivity index (χ1v) is 11.5. The van der Waals surface area contributed by atoms with Crippen LogP contribution < -0.4 is 5.46 Å². The highest BCUT2D eigenvalue weighted by molar-refractivity contribution is 6.65. The summed E-state index contributed by atoms with van der Waals surface area (Å²) in [7, 11) is -0.405. The van der Waals surface area contributed by atoms with Crippen LogP contribution in [-0.2, 0) is 9.31 Å². The second-order valence-corrected chi connectivity index (χ2v) is 9.86. The van der Waals surface area contributed by atoms with Crippen molar-refractivity contribution < 1.29 is 9.31 Å². The smallest absolute Gasteiger partial charge is 0.399 e. The average molecular weight is 431 g/mol. The third-order valence-corrected chi connectivity index (χ3v) is 7.31. The number of fused-ring (bicyclic) bond motifs is 5. The Kier molecular flexibility index (Phi) is 4.42. The lowest BCUT2D eigenvalue weighted by Gasteiger charge is -2.32. The molecule has 0 radical (unpaired) electrons. The van der Waals surface area contributed by atoms with Gasteiger partial charge in [-0.1, -0.05) is 78.9 Å². The summed E-state index contributed by atoms with van der Waals surface area (Å²) in [6, 6.07) is 29.7. The van der Waals surface area contributed by atoms with E-state index in [4.69, 9.17) is 14.3 Å². The Hall–Kier alpha value is -3.21. The van der Waals surface area contributed by atoms with Crippen LogP contribution >= 0.6 is 0 Å². The number of para-hydroxylation sites is 1. The Morgan fingerprint density at radius 1 is 0.606 bits per heavy atom. The van der Waals surface area contributed by atoms with E-state index < -0.39 is 7.12 Å². The summed E-state index contributed by atoms with van der Waals surface area (Å²) in [5.74, 6) is 0. The monoisotopic (exact) mass is 431 g/mol. The quantitative estimate of drug-likeness (QED) is 0.236. The fraction of sp³-hybridized carbons (Fsp3) is 0.207. The van der Waals surface area contributed by atoms with Gasteiger partial charge in [0.25, 0.3) is 0 Å². The Morgan fingerprint density at radius 3 is 2.00 bits per heavy atom. The van der Waals surface area contributed by atoms with Crippen LogP contribution in [0.15, 0.2) is 84.9 Å². The summed E-state index contributed by atoms with van der Waals surface area (Å²) in [4.78, 5) is 5.07. The zero-order valence-electron chi connectivity index (χ0n) is 19.4. The first-order chi connectivity index (χ1) is 15.9. The van der Waals surface area contributed by atoms with Gasteiger partial charge in [-0.2, -0.15) is 0 Å². The third kappa shape index (κ3) is 3.09. The molecule has 0 N–H and O–H groups in total. The van der Waals surface area contributed by atoms with E-state index in [0.717, 1.165) is 38.4 Å². The van der Waals surface area contributed by atoms with E-state index in [1.807, 2.05) is 6.07 Å². The summed E-state index contributed by atoms with van der Waals surface area (Å²) in [5.41, 5.74) is 3.43. The molecule has 0 saturated carbocycles. The molecule has 4 heteroatoms. The van der Waals surface area contributed by atoms with E-state index in [2.05, 4.69) is 107 Å². The van der Waals surface area contributed by atoms with Crippen LogP contribution in [-0.4, -0.2) is 23.3 Å². The van der Waals surface area contributed by atoms with Crippen LogP contribution in [0.1, 0.15) is 27.7 Å². The molecular formula is C29H26BNO2. The molecule has 1 saturated heterocycles. The van der Waals surface area contributed by atoms with Crippen LogP contribution in [0.4, 0.5) is 0 Å². The van der Waals surface area contributed by atoms with E-state index in [9.17, 15) is 0 Å². The second-order valence-electron chi connectivity index (χ2n) is 9.86. The molecular weight excluding hydrogens is 405 g/mol. The third-order valence-electron chi connectivity index (χ3n) is 7.31. The van der Waals surface area contributed by atoms with Crippen molar-refractivity contribution in [2.45, 2.75) is 38.9 Å². The molecule has 6 rings (SSSR count). The molecule has 1 fully saturated rings. The van der Waals surface area contributed by atoms with Crippen molar-refractivity contribution >= 4 is 45.0 Å². The lowest BCUT2D eigenvalue weighted by Crippen LogP contribution is -2.41. The van der Waals surface area contributed by atoms with E-state index in [-0.39, 0.29) is 11.2 Å². The maximum atomic E-state index is 6.42. The van der Waals surface area contributed by atoms with Crippen molar-refractivity contribution in [3.63, 3.8) is 0 Å². The van der Waals surface area contributed by atoms with E-state index in [1.165, 1.54) is 10.8 Å². The number of nitrogens with zero attached hydrogens (tertiary/aromatic N) is 1. The fourth-order valence-corrected chi connectivity index (χ4v) is 4.82. The van der Waals surface area contributed by atoms with Gasteiger partial charge in [-0.05, 0) is 50.0 Å². The Bertz CT molecular complexity index is 1510. The highest BCUT2D eigenvalue weighted by Crippen LogP contribution is 2.39. The van der Waals surface area contributed by atoms with Crippen molar-refractivity contribution in [2.24, 2.45) is 0 Å². The van der Waals surface area contributed by atoms with Gasteiger partial charge in [0.2, 0.25) is 0 Å². The molecule has 3 nitrogen and oxygen atoms in total. The van der Waals surface area contributed by atoms with Gasteiger partial charge in [-0.25, -0.2) is 4.98 Å². The fourth-order valence-electron chi connectivity index (χ4n) is 4.82. The van der Waals surface area contributed by atoms with Crippen molar-refractivity contribution in [1.29, 1.82) is 0 Å². The molecule has 1 aliphatic heterocycles. The summed E-state index contributed by atoms with van der Waals surface area (Å²) in [6.45, 7) is 8.38. The molecule has 0 unspecified atom stereocenters. The minimum atomic E-state index is -0.405. The van der Waals surface area contributed by atoms with Gasteiger partial charge in [0, 0.05) is 21.7 Å². The number of benzene rings is 4. The standard InChI is InChI=1S/C29H26BNO2/c1-28(2)29(3,4)33-30(32-28)24-15-10-14-21-20(24)17-18-23-26(21)22-13-8-9-16-25(22)31-27(23)19-11-6-5-7-12-19/h5-18H,1-4H3. The Balaban J connectivity index is 1.67. The number of pyridine rings is 1. The van der Waals surface area contributed by atoms with Crippen LogP contribution in [0.5, 0.6) is 0 Å². The van der Waals surface area contributed by atoms with Crippen molar-refractivity contribution in [3.05, 3.63) is 84.9 Å². The largest absolute Gasteiger partial charge is 0.495 e. The van der Waals surface area contributed by atoms with Gasteiger partial charge in [-0.3, -0.25) is 0 Å². The number of rotatable bonds is 2. The summed E-state index contributed by atoms with van der Waals surface area (Å²) in [5, 5.41) is 5.87. The molecule has 0 amide bonds.